The van der Waals surface area contributed by atoms with E-state index in [9.17, 15) is 85.9 Å². The molecule has 1 aromatic carbocycles. The van der Waals surface area contributed by atoms with Gasteiger partial charge in [-0.2, -0.15) is 28.8 Å². The number of Topliss-reactive ketones (excluding diaryl/α,β-unsaturated/α-hetero) is 12. The fourth-order valence-corrected chi connectivity index (χ4v) is 24.6. The molecule has 0 spiro atoms. The van der Waals surface area contributed by atoms with Crippen LogP contribution in [0.4, 0.5) is 4.39 Å². The van der Waals surface area contributed by atoms with Crippen molar-refractivity contribution in [2.75, 3.05) is 19.6 Å². The summed E-state index contributed by atoms with van der Waals surface area (Å²) in [4.78, 5) is 263. The van der Waals surface area contributed by atoms with E-state index in [0.29, 0.717) is 127 Å². The normalized spacial score (nSPS) is 33.7. The summed E-state index contributed by atoms with van der Waals surface area (Å²) in [5, 5.41) is 19.9. The summed E-state index contributed by atoms with van der Waals surface area (Å²) in [6.45, 7) is 25.0. The van der Waals surface area contributed by atoms with Gasteiger partial charge in [-0.05, 0) is 154 Å². The molecule has 13 rings (SSSR count). The summed E-state index contributed by atoms with van der Waals surface area (Å²) >= 11 is 0. The van der Waals surface area contributed by atoms with Crippen molar-refractivity contribution >= 4 is 117 Å². The Bertz CT molecular complexity index is 4330. The van der Waals surface area contributed by atoms with Gasteiger partial charge < -0.3 is 26.4 Å². The first-order valence-corrected chi connectivity index (χ1v) is 44.1. The molecule has 0 heterocycles. The van der Waals surface area contributed by atoms with Gasteiger partial charge in [-0.15, -0.1) is 0 Å². The number of hydrogen-bond donors (Lipinski definition) is 5. The number of halogens is 1. The summed E-state index contributed by atoms with van der Waals surface area (Å²) in [5.41, 5.74) is -4.89. The average molecular weight is 1780 g/mol. The molecule has 0 unspecified atom stereocenters. The highest BCUT2D eigenvalue weighted by Gasteiger charge is 2.68. The second-order valence-electron chi connectivity index (χ2n) is 39.3. The smallest absolute Gasteiger partial charge is 0.373 e. The number of carbonyl (C=O) groups excluding carboxylic acids is 22. The van der Waals surface area contributed by atoms with Crippen molar-refractivity contribution < 1.29 is 120 Å². The third-order valence-corrected chi connectivity index (χ3v) is 31.6. The third-order valence-electron chi connectivity index (χ3n) is 31.6. The van der Waals surface area contributed by atoms with Crippen molar-refractivity contribution in [2.24, 2.45) is 126 Å². The lowest BCUT2D eigenvalue weighted by Crippen LogP contribution is -2.56. The van der Waals surface area contributed by atoms with Crippen LogP contribution < -0.4 is 21.3 Å². The summed E-state index contributed by atoms with van der Waals surface area (Å²) in [7, 11) is 0. The highest BCUT2D eigenvalue weighted by atomic mass is 19.1. The van der Waals surface area contributed by atoms with Gasteiger partial charge in [0.1, 0.15) is 75.2 Å². The maximum Gasteiger partial charge on any atom is 0.373 e. The quantitative estimate of drug-likeness (QED) is 0.0720. The van der Waals surface area contributed by atoms with Crippen molar-refractivity contribution in [1.82, 2.24) is 21.3 Å². The number of carbonyl (C=O) groups is 17. The summed E-state index contributed by atoms with van der Waals surface area (Å²) < 4.78 is 13.3. The topological polar surface area (TPSA) is 461 Å². The van der Waals surface area contributed by atoms with Crippen LogP contribution in [0.15, 0.2) is 24.3 Å². The lowest BCUT2D eigenvalue weighted by atomic mass is 9.48. The minimum atomic E-state index is -0.987. The van der Waals surface area contributed by atoms with Crippen molar-refractivity contribution in [3.63, 3.8) is 0 Å². The minimum Gasteiger partial charge on any atom is -0.481 e. The zero-order valence-electron chi connectivity index (χ0n) is 73.6. The number of ketones is 12. The molecular weight excluding hydrogens is 1640 g/mol. The number of aliphatic carboxylic acids is 1. The molecule has 0 radical (unpaired) electrons. The molecule has 1 aromatic rings. The van der Waals surface area contributed by atoms with Gasteiger partial charge >= 0.3 is 24.4 Å². The SMILES string of the molecule is C.C.C.C.CC(C)CNC(=O)CC[C@@]1(C)C(=O)CC[C@@H]2[C@@H]1C(=O)C[C@]1(C)C(=O)CC[C@@H]21.CC[C@H](C)CNC(=O)CC[C@@]1(C)C(=O)CC[C@@H]2[C@@H]1C(=O)C[C@]1(C)C(=O)CC[C@@H]21.C[C@]1(CCC(=O)NCCC(=O)O)C(=O)CC[C@@H]2[C@@H]1C(=O)C[C@]1(C)C(=O)CC[C@@H]21.C[C@]1(CCC(=O)NCc2cccc(F)c2)C(=O)CC[C@@H]2[C@@H]1C(=O)C[C@]1(C)C(=O)CC[C@@H]21.O=C=O.O=C=O.O=C=O. The van der Waals surface area contributed by atoms with E-state index in [2.05, 4.69) is 35.1 Å². The summed E-state index contributed by atoms with van der Waals surface area (Å²) in [6.07, 6.45) is 14.5. The van der Waals surface area contributed by atoms with Gasteiger partial charge in [0, 0.05) is 196 Å². The molecular formula is C98H143FN4O24. The number of nitrogens with one attached hydrogen (secondary N) is 4. The number of rotatable bonds is 22. The van der Waals surface area contributed by atoms with Crippen LogP contribution in [-0.2, 0) is 117 Å². The number of carboxylic acids is 1. The number of amides is 4. The highest BCUT2D eigenvalue weighted by molar-refractivity contribution is 6.03. The van der Waals surface area contributed by atoms with E-state index >= 15 is 0 Å². The van der Waals surface area contributed by atoms with Gasteiger partial charge in [0.25, 0.3) is 0 Å². The standard InChI is InChI=1S/C25H30FNO4.C23H35NO4.C22H33NO4.C21H29NO6.3CO2.4CH4/c1-24(11-10-22(31)27-14-15-4-3-5-16(26)12-15)20(29)8-6-17-18-7-9-21(30)25(18,2)13-19(28)23(17)24;1-5-14(2)13-24-20(28)10-11-22(3)18(26)8-6-15-16-7-9-19(27)23(16,4)12-17(25)21(15)22;1-13(2)12-23-19(27)9-10-21(3)17(25)7-5-14-15-6-8-18(26)22(15,4)11-16(24)20(14)21;1-20(9-7-17(26)22-10-8-18(27)28)15(24)5-3-12-13-4-6-16(25)21(13,2)11-14(23)19(12)20;3*2-1-3;;;;/h3-5,12,17-18,23H,6-11,13-14H2,1-2H3,(H,27,31);14-16,21H,5-13H2,1-4H3,(H,24,28);13-15,20H,5-12H2,1-4H3,(H,23,27);12-13,19H,3-11H2,1-2H3,(H,22,26)(H,27,28);;;;4*1H4/t17-,18-,23+,24-,25-;14-,15-,16-,21+,22-,23-;14-,15-,20+,21-,22-;12-,13-,19+,20-,21-;;;;;;;/m0000......./s1. The third kappa shape index (κ3) is 24.2. The van der Waals surface area contributed by atoms with E-state index in [1.165, 1.54) is 12.1 Å². The highest BCUT2D eigenvalue weighted by Crippen LogP contribution is 2.65. The lowest BCUT2D eigenvalue weighted by molar-refractivity contribution is -0.193. The Balaban J connectivity index is 0.000000419. The molecule has 29 heteroatoms. The van der Waals surface area contributed by atoms with Crippen molar-refractivity contribution in [3.8, 4) is 0 Å². The molecule has 4 amide bonds. The molecule has 0 aromatic heterocycles. The number of hydrogen-bond acceptors (Lipinski definition) is 23. The van der Waals surface area contributed by atoms with Crippen LogP contribution in [0.5, 0.6) is 0 Å². The van der Waals surface area contributed by atoms with E-state index < -0.39 is 61.1 Å². The molecule has 0 bridgehead atoms. The van der Waals surface area contributed by atoms with Gasteiger partial charge in [0.05, 0.1) is 6.42 Å². The van der Waals surface area contributed by atoms with E-state index in [4.69, 9.17) is 33.9 Å². The molecule has 0 aliphatic heterocycles. The monoisotopic (exact) mass is 1780 g/mol. The Kier molecular flexibility index (Phi) is 41.2. The fraction of sp³-hybridized carbons (Fsp3) is 0.735. The molecule has 706 valence electrons. The Morgan fingerprint density at radius 1 is 0.394 bits per heavy atom. The fourth-order valence-electron chi connectivity index (χ4n) is 24.6. The van der Waals surface area contributed by atoms with Crippen LogP contribution in [0.25, 0.3) is 0 Å². The van der Waals surface area contributed by atoms with Crippen LogP contribution in [0.2, 0.25) is 0 Å². The lowest BCUT2D eigenvalue weighted by Gasteiger charge is -2.52. The molecule has 12 fully saturated rings. The molecule has 21 atom stereocenters. The first-order valence-electron chi connectivity index (χ1n) is 44.1. The Morgan fingerprint density at radius 2 is 0.654 bits per heavy atom. The Labute approximate surface area is 748 Å². The molecule has 12 aliphatic rings. The van der Waals surface area contributed by atoms with Crippen LogP contribution in [0, 0.1) is 132 Å². The predicted molar refractivity (Wildman–Crippen MR) is 462 cm³/mol. The Morgan fingerprint density at radius 3 is 0.913 bits per heavy atom. The number of benzene rings is 1. The largest absolute Gasteiger partial charge is 0.481 e. The van der Waals surface area contributed by atoms with Crippen LogP contribution in [-0.4, -0.2) is 142 Å². The Hall–Kier alpha value is -9.32. The van der Waals surface area contributed by atoms with Crippen LogP contribution in [0.1, 0.15) is 311 Å². The first kappa shape index (κ1) is 112. The van der Waals surface area contributed by atoms with E-state index in [1.54, 1.807) is 19.1 Å². The molecule has 5 N–H and O–H groups in total. The maximum atomic E-state index is 13.3. The van der Waals surface area contributed by atoms with Gasteiger partial charge in [-0.25, -0.2) is 4.39 Å². The second-order valence-corrected chi connectivity index (χ2v) is 39.3. The van der Waals surface area contributed by atoms with Crippen molar-refractivity contribution in [1.29, 1.82) is 0 Å². The first-order chi connectivity index (χ1) is 57.7. The van der Waals surface area contributed by atoms with Crippen molar-refractivity contribution in [3.05, 3.63) is 35.6 Å². The molecule has 127 heavy (non-hydrogen) atoms. The molecule has 12 saturated carbocycles. The average Bonchev–Trinajstić information content (AvgIpc) is 1.71. The van der Waals surface area contributed by atoms with Crippen LogP contribution in [0.3, 0.4) is 0 Å². The van der Waals surface area contributed by atoms with Gasteiger partial charge in [-0.3, -0.25) is 81.5 Å². The number of fused-ring (bicyclic) bond motifs is 12. The van der Waals surface area contributed by atoms with Crippen molar-refractivity contribution in [2.45, 2.75) is 312 Å². The van der Waals surface area contributed by atoms with Gasteiger partial charge in [0.2, 0.25) is 23.6 Å². The van der Waals surface area contributed by atoms with Crippen LogP contribution >= 0.6 is 0 Å². The van der Waals surface area contributed by atoms with Gasteiger partial charge in [-0.1, -0.05) is 131 Å². The van der Waals surface area contributed by atoms with E-state index in [1.807, 2.05) is 62.3 Å². The number of carboxylic acid groups (broad SMARTS) is 1. The molecule has 28 nitrogen and oxygen atoms in total. The second kappa shape index (κ2) is 46.8. The van der Waals surface area contributed by atoms with Gasteiger partial charge in [0.15, 0.2) is 0 Å². The predicted octanol–water partition coefficient (Wildman–Crippen LogP) is 13.1. The minimum absolute atomic E-state index is 0. The van der Waals surface area contributed by atoms with E-state index in [0.717, 1.165) is 32.1 Å². The molecule has 12 aliphatic carbocycles. The maximum absolute atomic E-state index is 13.3. The zero-order chi connectivity index (χ0) is 91.9. The molecule has 0 saturated heterocycles. The summed E-state index contributed by atoms with van der Waals surface area (Å²) in [6, 6.07) is 6.05. The summed E-state index contributed by atoms with van der Waals surface area (Å²) in [5.74, 6) is -0.496. The zero-order valence-corrected chi connectivity index (χ0v) is 73.6. The van der Waals surface area contributed by atoms with E-state index in [-0.39, 0.29) is 283 Å².